The normalized spacial score (nSPS) is 12.7. The molecule has 8 heteroatoms. The Bertz CT molecular complexity index is 763. The van der Waals surface area contributed by atoms with Gasteiger partial charge in [-0.1, -0.05) is 41.4 Å². The van der Waals surface area contributed by atoms with Gasteiger partial charge in [0.25, 0.3) is 5.69 Å². The van der Waals surface area contributed by atoms with E-state index in [0.29, 0.717) is 16.6 Å². The lowest BCUT2D eigenvalue weighted by molar-refractivity contribution is -0.384. The maximum Gasteiger partial charge on any atom is 0.269 e. The second-order valence-corrected chi connectivity index (χ2v) is 6.00. The molecule has 0 aliphatic rings. The summed E-state index contributed by atoms with van der Waals surface area (Å²) in [5.74, 6) is 0.256. The molecule has 0 saturated heterocycles. The van der Waals surface area contributed by atoms with Gasteiger partial charge in [-0.2, -0.15) is 0 Å². The van der Waals surface area contributed by atoms with Crippen LogP contribution in [0.3, 0.4) is 0 Å². The molecule has 0 bridgehead atoms. The van der Waals surface area contributed by atoms with Gasteiger partial charge in [-0.3, -0.25) is 10.1 Å². The first-order valence-electron chi connectivity index (χ1n) is 7.11. The molecule has 0 amide bonds. The number of nitrogens with zero attached hydrogens (tertiary/aromatic N) is 2. The molecule has 0 aromatic heterocycles. The first kappa shape index (κ1) is 18.0. The average molecular weight is 367 g/mol. The minimum absolute atomic E-state index is 0.0415. The molecular weight excluding hydrogens is 351 g/mol. The Labute approximate surface area is 149 Å². The van der Waals surface area contributed by atoms with Crippen LogP contribution >= 0.6 is 23.2 Å². The summed E-state index contributed by atoms with van der Waals surface area (Å²) in [5.41, 5.74) is 7.60. The zero-order valence-electron chi connectivity index (χ0n) is 12.9. The Hall–Kier alpha value is -2.31. The van der Waals surface area contributed by atoms with Gasteiger partial charge in [-0.25, -0.2) is 4.99 Å². The highest BCUT2D eigenvalue weighted by Gasteiger charge is 2.10. The van der Waals surface area contributed by atoms with E-state index in [9.17, 15) is 10.1 Å². The van der Waals surface area contributed by atoms with Crippen LogP contribution in [0.25, 0.3) is 0 Å². The van der Waals surface area contributed by atoms with Crippen molar-refractivity contribution < 1.29 is 4.92 Å². The molecule has 6 nitrogen and oxygen atoms in total. The number of guanidine groups is 1. The van der Waals surface area contributed by atoms with E-state index in [1.54, 1.807) is 24.3 Å². The van der Waals surface area contributed by atoms with Gasteiger partial charge in [0.1, 0.15) is 0 Å². The van der Waals surface area contributed by atoms with Crippen LogP contribution in [0.15, 0.2) is 47.5 Å². The van der Waals surface area contributed by atoms with Crippen molar-refractivity contribution in [2.75, 3.05) is 0 Å². The summed E-state index contributed by atoms with van der Waals surface area (Å²) in [4.78, 5) is 14.4. The molecule has 0 spiro atoms. The number of hydrogen-bond donors (Lipinski definition) is 2. The quantitative estimate of drug-likeness (QED) is 0.361. The Balaban J connectivity index is 1.99. The van der Waals surface area contributed by atoms with Crippen LogP contribution in [-0.4, -0.2) is 10.9 Å². The molecule has 2 rings (SSSR count). The van der Waals surface area contributed by atoms with Gasteiger partial charge in [0.2, 0.25) is 0 Å². The van der Waals surface area contributed by atoms with E-state index in [1.165, 1.54) is 12.1 Å². The van der Waals surface area contributed by atoms with Crippen LogP contribution < -0.4 is 11.1 Å². The molecule has 0 radical (unpaired) electrons. The average Bonchev–Trinajstić information content (AvgIpc) is 2.53. The fraction of sp³-hybridized carbons (Fsp3) is 0.188. The lowest BCUT2D eigenvalue weighted by Crippen LogP contribution is -2.34. The Morgan fingerprint density at radius 3 is 2.54 bits per heavy atom. The number of nitrogens with two attached hydrogens (primary N) is 1. The summed E-state index contributed by atoms with van der Waals surface area (Å²) in [5, 5.41) is 14.8. The van der Waals surface area contributed by atoms with E-state index >= 15 is 0 Å². The van der Waals surface area contributed by atoms with Gasteiger partial charge in [0, 0.05) is 22.2 Å². The first-order valence-corrected chi connectivity index (χ1v) is 7.87. The zero-order valence-corrected chi connectivity index (χ0v) is 14.4. The van der Waals surface area contributed by atoms with Crippen molar-refractivity contribution in [2.24, 2.45) is 10.7 Å². The van der Waals surface area contributed by atoms with Gasteiger partial charge >= 0.3 is 0 Å². The van der Waals surface area contributed by atoms with Crippen LogP contribution in [0.2, 0.25) is 10.0 Å². The number of nitrogens with one attached hydrogen (secondary N) is 1. The molecular formula is C16H16Cl2N4O2. The third kappa shape index (κ3) is 4.84. The number of benzene rings is 2. The van der Waals surface area contributed by atoms with Crippen molar-refractivity contribution in [1.29, 1.82) is 0 Å². The molecule has 24 heavy (non-hydrogen) atoms. The highest BCUT2D eigenvalue weighted by molar-refractivity contribution is 6.35. The van der Waals surface area contributed by atoms with Gasteiger partial charge in [-0.15, -0.1) is 0 Å². The van der Waals surface area contributed by atoms with Crippen molar-refractivity contribution in [3.63, 3.8) is 0 Å². The topological polar surface area (TPSA) is 93.5 Å². The van der Waals surface area contributed by atoms with E-state index in [0.717, 1.165) is 11.1 Å². The number of rotatable bonds is 5. The SMILES string of the molecule is CC(NC(N)=NCc1ccc([N+](=O)[O-])cc1)c1ccc(Cl)cc1Cl. The van der Waals surface area contributed by atoms with Crippen LogP contribution in [0.1, 0.15) is 24.1 Å². The molecule has 0 aliphatic heterocycles. The van der Waals surface area contributed by atoms with Gasteiger partial charge in [-0.05, 0) is 30.2 Å². The largest absolute Gasteiger partial charge is 0.370 e. The highest BCUT2D eigenvalue weighted by atomic mass is 35.5. The van der Waals surface area contributed by atoms with Crippen molar-refractivity contribution in [3.05, 3.63) is 73.8 Å². The minimum Gasteiger partial charge on any atom is -0.370 e. The summed E-state index contributed by atoms with van der Waals surface area (Å²) >= 11 is 12.0. The molecule has 0 heterocycles. The summed E-state index contributed by atoms with van der Waals surface area (Å²) in [7, 11) is 0. The Morgan fingerprint density at radius 2 is 1.96 bits per heavy atom. The zero-order chi connectivity index (χ0) is 17.7. The number of nitro groups is 1. The third-order valence-electron chi connectivity index (χ3n) is 3.37. The second-order valence-electron chi connectivity index (χ2n) is 5.16. The number of halogens is 2. The highest BCUT2D eigenvalue weighted by Crippen LogP contribution is 2.25. The lowest BCUT2D eigenvalue weighted by atomic mass is 10.1. The monoisotopic (exact) mass is 366 g/mol. The molecule has 0 fully saturated rings. The Kier molecular flexibility index (Phi) is 6.00. The molecule has 2 aromatic rings. The summed E-state index contributed by atoms with van der Waals surface area (Å²) in [6.45, 7) is 2.22. The van der Waals surface area contributed by atoms with Crippen LogP contribution in [-0.2, 0) is 6.54 Å². The molecule has 0 aliphatic carbocycles. The van der Waals surface area contributed by atoms with Crippen LogP contribution in [0.5, 0.6) is 0 Å². The van der Waals surface area contributed by atoms with E-state index in [-0.39, 0.29) is 17.7 Å². The van der Waals surface area contributed by atoms with E-state index in [2.05, 4.69) is 10.3 Å². The lowest BCUT2D eigenvalue weighted by Gasteiger charge is -2.16. The number of aliphatic imine (C=N–C) groups is 1. The van der Waals surface area contributed by atoms with Crippen molar-refractivity contribution in [1.82, 2.24) is 5.32 Å². The molecule has 2 aromatic carbocycles. The van der Waals surface area contributed by atoms with E-state index in [1.807, 2.05) is 13.0 Å². The van der Waals surface area contributed by atoms with Gasteiger partial charge in [0.05, 0.1) is 17.5 Å². The standard InChI is InChI=1S/C16H16Cl2N4O2/c1-10(14-7-4-12(17)8-15(14)18)21-16(19)20-9-11-2-5-13(6-3-11)22(23)24/h2-8,10H,9H2,1H3,(H3,19,20,21). The first-order chi connectivity index (χ1) is 11.4. The summed E-state index contributed by atoms with van der Waals surface area (Å²) in [6, 6.07) is 11.3. The number of nitro benzene ring substituents is 1. The van der Waals surface area contributed by atoms with Crippen LogP contribution in [0, 0.1) is 10.1 Å². The fourth-order valence-corrected chi connectivity index (χ4v) is 2.67. The second kappa shape index (κ2) is 7.99. The molecule has 3 N–H and O–H groups in total. The maximum atomic E-state index is 10.6. The van der Waals surface area contributed by atoms with Crippen molar-refractivity contribution in [3.8, 4) is 0 Å². The van der Waals surface area contributed by atoms with Crippen molar-refractivity contribution >= 4 is 34.8 Å². The molecule has 1 atom stereocenters. The molecule has 126 valence electrons. The number of non-ortho nitro benzene ring substituents is 1. The predicted octanol–water partition coefficient (Wildman–Crippen LogP) is 4.07. The smallest absolute Gasteiger partial charge is 0.269 e. The maximum absolute atomic E-state index is 10.6. The summed E-state index contributed by atoms with van der Waals surface area (Å²) < 4.78 is 0. The van der Waals surface area contributed by atoms with E-state index < -0.39 is 4.92 Å². The Morgan fingerprint density at radius 1 is 1.29 bits per heavy atom. The summed E-state index contributed by atoms with van der Waals surface area (Å²) in [6.07, 6.45) is 0. The van der Waals surface area contributed by atoms with Gasteiger partial charge in [0.15, 0.2) is 5.96 Å². The molecule has 1 unspecified atom stereocenters. The number of hydrogen-bond acceptors (Lipinski definition) is 3. The third-order valence-corrected chi connectivity index (χ3v) is 3.93. The van der Waals surface area contributed by atoms with E-state index in [4.69, 9.17) is 28.9 Å². The minimum atomic E-state index is -0.444. The fourth-order valence-electron chi connectivity index (χ4n) is 2.10. The van der Waals surface area contributed by atoms with Gasteiger partial charge < -0.3 is 11.1 Å². The van der Waals surface area contributed by atoms with Crippen molar-refractivity contribution in [2.45, 2.75) is 19.5 Å². The predicted molar refractivity (Wildman–Crippen MR) is 96.4 cm³/mol. The van der Waals surface area contributed by atoms with Crippen LogP contribution in [0.4, 0.5) is 5.69 Å². The molecule has 0 saturated carbocycles.